The zero-order valence-electron chi connectivity index (χ0n) is 15.7. The van der Waals surface area contributed by atoms with E-state index in [0.717, 1.165) is 64.8 Å². The molecular weight excluding hydrogens is 328 g/mol. The minimum atomic E-state index is -0.0391. The Balaban J connectivity index is 1.43. The van der Waals surface area contributed by atoms with Crippen LogP contribution < -0.4 is 0 Å². The van der Waals surface area contributed by atoms with Crippen LogP contribution in [0.1, 0.15) is 44.1 Å². The molecule has 2 aliphatic heterocycles. The molecular formula is C21H32N2O3. The highest BCUT2D eigenvalue weighted by Gasteiger charge is 2.35. The van der Waals surface area contributed by atoms with Crippen molar-refractivity contribution in [1.29, 1.82) is 0 Å². The maximum Gasteiger partial charge on any atom is 0.223 e. The van der Waals surface area contributed by atoms with Crippen LogP contribution in [0.3, 0.4) is 0 Å². The first kappa shape index (κ1) is 19.3. The lowest BCUT2D eigenvalue weighted by molar-refractivity contribution is -0.183. The monoisotopic (exact) mass is 360 g/mol. The number of benzene rings is 1. The molecule has 0 aromatic heterocycles. The second-order valence-electron chi connectivity index (χ2n) is 7.74. The number of carbonyl (C=O) groups is 1. The summed E-state index contributed by atoms with van der Waals surface area (Å²) >= 11 is 0. The Morgan fingerprint density at radius 1 is 1.12 bits per heavy atom. The summed E-state index contributed by atoms with van der Waals surface area (Å²) in [4.78, 5) is 20.0. The number of hydrogen-bond donors (Lipinski definition) is 1. The van der Waals surface area contributed by atoms with E-state index in [9.17, 15) is 9.90 Å². The van der Waals surface area contributed by atoms with Gasteiger partial charge in [-0.2, -0.15) is 5.06 Å². The van der Waals surface area contributed by atoms with E-state index in [-0.39, 0.29) is 17.9 Å². The molecule has 5 heteroatoms. The average Bonchev–Trinajstić information content (AvgIpc) is 2.72. The fourth-order valence-corrected chi connectivity index (χ4v) is 3.98. The van der Waals surface area contributed by atoms with Gasteiger partial charge in [0.05, 0.1) is 6.61 Å². The van der Waals surface area contributed by atoms with E-state index in [0.29, 0.717) is 13.0 Å². The van der Waals surface area contributed by atoms with Crippen LogP contribution in [0.2, 0.25) is 0 Å². The van der Waals surface area contributed by atoms with Gasteiger partial charge in [0.15, 0.2) is 0 Å². The smallest absolute Gasteiger partial charge is 0.223 e. The van der Waals surface area contributed by atoms with E-state index in [1.54, 1.807) is 0 Å². The standard InChI is InChI=1S/C21H32N2O3/c24-18-21(10-8-19-6-2-1-3-7-19)11-15-22(16-12-21)20(25)9-14-23-13-4-5-17-26-23/h1-3,6-7,24H,4-5,8-18H2. The van der Waals surface area contributed by atoms with Crippen LogP contribution >= 0.6 is 0 Å². The first-order chi connectivity index (χ1) is 12.7. The predicted molar refractivity (Wildman–Crippen MR) is 101 cm³/mol. The molecule has 1 aromatic carbocycles. The van der Waals surface area contributed by atoms with Crippen LogP contribution in [0.25, 0.3) is 0 Å². The zero-order chi connectivity index (χ0) is 18.2. The van der Waals surface area contributed by atoms with Crippen molar-refractivity contribution >= 4 is 5.91 Å². The highest BCUT2D eigenvalue weighted by atomic mass is 16.7. The highest BCUT2D eigenvalue weighted by Crippen LogP contribution is 2.36. The van der Waals surface area contributed by atoms with Gasteiger partial charge in [0, 0.05) is 39.2 Å². The van der Waals surface area contributed by atoms with Crippen molar-refractivity contribution < 1.29 is 14.7 Å². The molecule has 144 valence electrons. The van der Waals surface area contributed by atoms with Crippen LogP contribution in [0.15, 0.2) is 30.3 Å². The molecule has 5 nitrogen and oxygen atoms in total. The molecule has 0 bridgehead atoms. The van der Waals surface area contributed by atoms with E-state index in [1.165, 1.54) is 5.56 Å². The third kappa shape index (κ3) is 5.29. The summed E-state index contributed by atoms with van der Waals surface area (Å²) in [5.41, 5.74) is 1.28. The van der Waals surface area contributed by atoms with E-state index in [4.69, 9.17) is 4.84 Å². The SMILES string of the molecule is O=C(CCN1CCCCO1)N1CCC(CO)(CCc2ccccc2)CC1. The summed E-state index contributed by atoms with van der Waals surface area (Å²) in [6.45, 7) is 4.13. The molecule has 0 spiro atoms. The molecule has 0 saturated carbocycles. The number of piperidine rings is 1. The van der Waals surface area contributed by atoms with Gasteiger partial charge in [0.2, 0.25) is 5.91 Å². The minimum Gasteiger partial charge on any atom is -0.396 e. The van der Waals surface area contributed by atoms with E-state index >= 15 is 0 Å². The molecule has 0 unspecified atom stereocenters. The summed E-state index contributed by atoms with van der Waals surface area (Å²) in [5, 5.41) is 11.9. The Kier molecular flexibility index (Phi) is 7.06. The van der Waals surface area contributed by atoms with Gasteiger partial charge in [-0.15, -0.1) is 0 Å². The fraction of sp³-hybridized carbons (Fsp3) is 0.667. The molecule has 1 N–H and O–H groups in total. The van der Waals surface area contributed by atoms with Crippen molar-refractivity contribution in [2.24, 2.45) is 5.41 Å². The van der Waals surface area contributed by atoms with Crippen molar-refractivity contribution in [1.82, 2.24) is 9.96 Å². The lowest BCUT2D eigenvalue weighted by Gasteiger charge is -2.41. The maximum atomic E-state index is 12.5. The Hall–Kier alpha value is -1.43. The molecule has 2 fully saturated rings. The van der Waals surface area contributed by atoms with Gasteiger partial charge in [-0.1, -0.05) is 30.3 Å². The van der Waals surface area contributed by atoms with Gasteiger partial charge >= 0.3 is 0 Å². The maximum absolute atomic E-state index is 12.5. The zero-order valence-corrected chi connectivity index (χ0v) is 15.7. The van der Waals surface area contributed by atoms with Crippen LogP contribution in [-0.4, -0.2) is 60.4 Å². The summed E-state index contributed by atoms with van der Waals surface area (Å²) in [7, 11) is 0. The number of aryl methyl sites for hydroxylation is 1. The predicted octanol–water partition coefficient (Wildman–Crippen LogP) is 2.64. The molecule has 3 rings (SSSR count). The van der Waals surface area contributed by atoms with Crippen molar-refractivity contribution in [2.45, 2.75) is 44.9 Å². The molecule has 26 heavy (non-hydrogen) atoms. The third-order valence-electron chi connectivity index (χ3n) is 5.95. The minimum absolute atomic E-state index is 0.0391. The van der Waals surface area contributed by atoms with Gasteiger partial charge in [-0.3, -0.25) is 9.63 Å². The lowest BCUT2D eigenvalue weighted by atomic mass is 9.75. The van der Waals surface area contributed by atoms with Crippen molar-refractivity contribution in [3.05, 3.63) is 35.9 Å². The quantitative estimate of drug-likeness (QED) is 0.812. The van der Waals surface area contributed by atoms with Gasteiger partial charge in [0.1, 0.15) is 0 Å². The molecule has 1 amide bonds. The second kappa shape index (κ2) is 9.49. The number of hydroxylamine groups is 2. The van der Waals surface area contributed by atoms with Gasteiger partial charge in [-0.25, -0.2) is 0 Å². The van der Waals surface area contributed by atoms with Gasteiger partial charge in [0.25, 0.3) is 0 Å². The summed E-state index contributed by atoms with van der Waals surface area (Å²) in [6, 6.07) is 10.5. The van der Waals surface area contributed by atoms with Crippen LogP contribution in [0.5, 0.6) is 0 Å². The molecule has 2 heterocycles. The molecule has 2 saturated heterocycles. The number of amides is 1. The Morgan fingerprint density at radius 2 is 1.88 bits per heavy atom. The summed E-state index contributed by atoms with van der Waals surface area (Å²) in [5.74, 6) is 0.216. The number of hydrogen-bond acceptors (Lipinski definition) is 4. The molecule has 2 aliphatic rings. The summed E-state index contributed by atoms with van der Waals surface area (Å²) < 4.78 is 0. The first-order valence-electron chi connectivity index (χ1n) is 10.0. The van der Waals surface area contributed by atoms with Crippen LogP contribution in [0.4, 0.5) is 0 Å². The summed E-state index contributed by atoms with van der Waals surface area (Å²) in [6.07, 6.45) is 6.54. The highest BCUT2D eigenvalue weighted by molar-refractivity contribution is 5.76. The van der Waals surface area contributed by atoms with E-state index in [2.05, 4.69) is 24.3 Å². The topological polar surface area (TPSA) is 53.0 Å². The van der Waals surface area contributed by atoms with Crippen molar-refractivity contribution in [3.63, 3.8) is 0 Å². The molecule has 0 aliphatic carbocycles. The molecule has 0 atom stereocenters. The van der Waals surface area contributed by atoms with Crippen LogP contribution in [0, 0.1) is 5.41 Å². The number of rotatable bonds is 7. The van der Waals surface area contributed by atoms with Gasteiger partial charge in [-0.05, 0) is 49.5 Å². The Bertz CT molecular complexity index is 550. The van der Waals surface area contributed by atoms with Crippen LogP contribution in [-0.2, 0) is 16.1 Å². The van der Waals surface area contributed by atoms with Crippen molar-refractivity contribution in [2.75, 3.05) is 39.4 Å². The third-order valence-corrected chi connectivity index (χ3v) is 5.95. The first-order valence-corrected chi connectivity index (χ1v) is 10.0. The largest absolute Gasteiger partial charge is 0.396 e. The molecule has 1 aromatic rings. The fourth-order valence-electron chi connectivity index (χ4n) is 3.98. The lowest BCUT2D eigenvalue weighted by Crippen LogP contribution is -2.45. The number of carbonyl (C=O) groups excluding carboxylic acids is 1. The Morgan fingerprint density at radius 3 is 2.54 bits per heavy atom. The van der Waals surface area contributed by atoms with E-state index in [1.807, 2.05) is 16.0 Å². The van der Waals surface area contributed by atoms with E-state index < -0.39 is 0 Å². The van der Waals surface area contributed by atoms with Gasteiger partial charge < -0.3 is 10.0 Å². The Labute approximate surface area is 156 Å². The number of nitrogens with zero attached hydrogens (tertiary/aromatic N) is 2. The average molecular weight is 360 g/mol. The number of aliphatic hydroxyl groups excluding tert-OH is 1. The molecule has 0 radical (unpaired) electrons. The number of aliphatic hydroxyl groups is 1. The van der Waals surface area contributed by atoms with Crippen molar-refractivity contribution in [3.8, 4) is 0 Å². The second-order valence-corrected chi connectivity index (χ2v) is 7.74. The normalized spacial score (nSPS) is 20.9. The number of likely N-dealkylation sites (tertiary alicyclic amines) is 1.